The molecule has 0 amide bonds. The van der Waals surface area contributed by atoms with E-state index in [1.54, 1.807) is 6.07 Å². The molecule has 5 heteroatoms. The molecule has 2 aromatic carbocycles. The summed E-state index contributed by atoms with van der Waals surface area (Å²) in [5.41, 5.74) is 7.12. The van der Waals surface area contributed by atoms with E-state index in [1.807, 2.05) is 19.1 Å². The highest BCUT2D eigenvalue weighted by atomic mass is 35.5. The van der Waals surface area contributed by atoms with E-state index in [-0.39, 0.29) is 5.82 Å². The van der Waals surface area contributed by atoms with Crippen LogP contribution in [0.5, 0.6) is 0 Å². The van der Waals surface area contributed by atoms with Crippen molar-refractivity contribution < 1.29 is 4.39 Å². The lowest BCUT2D eigenvalue weighted by Crippen LogP contribution is -2.45. The van der Waals surface area contributed by atoms with E-state index in [9.17, 15) is 4.39 Å². The highest BCUT2D eigenvalue weighted by Gasteiger charge is 2.28. The summed E-state index contributed by atoms with van der Waals surface area (Å²) in [5, 5.41) is 4.84. The largest absolute Gasteiger partial charge is 0.358 e. The van der Waals surface area contributed by atoms with Gasteiger partial charge in [0.05, 0.1) is 5.02 Å². The molecule has 1 unspecified atom stereocenters. The van der Waals surface area contributed by atoms with Crippen molar-refractivity contribution in [2.45, 2.75) is 45.6 Å². The third kappa shape index (κ3) is 4.59. The highest BCUT2D eigenvalue weighted by molar-refractivity contribution is 6.32. The lowest BCUT2D eigenvalue weighted by Gasteiger charge is -2.39. The Bertz CT molecular complexity index is 1010. The molecule has 1 heterocycles. The number of nitrogens with one attached hydrogen (secondary N) is 1. The van der Waals surface area contributed by atoms with Crippen molar-refractivity contribution in [3.8, 4) is 0 Å². The Balaban J connectivity index is 1.50. The molecule has 0 aromatic heterocycles. The summed E-state index contributed by atoms with van der Waals surface area (Å²) in [6, 6.07) is 11.4. The Hall–Kier alpha value is -1.81. The molecule has 0 fully saturated rings. The number of allylic oxidation sites excluding steroid dienone is 1. The predicted octanol–water partition coefficient (Wildman–Crippen LogP) is 6.62. The van der Waals surface area contributed by atoms with Crippen molar-refractivity contribution in [3.63, 3.8) is 0 Å². The number of halogens is 3. The monoisotopic (exact) mass is 444 g/mol. The molecule has 2 aromatic rings. The second-order valence-electron chi connectivity index (χ2n) is 8.24. The zero-order valence-corrected chi connectivity index (χ0v) is 19.0. The van der Waals surface area contributed by atoms with Crippen molar-refractivity contribution in [3.05, 3.63) is 86.3 Å². The molecule has 158 valence electrons. The lowest BCUT2D eigenvalue weighted by molar-refractivity contribution is 0.185. The molecule has 2 nitrogen and oxygen atoms in total. The highest BCUT2D eigenvalue weighted by Crippen LogP contribution is 2.30. The number of rotatable bonds is 4. The Labute approximate surface area is 188 Å². The fourth-order valence-electron chi connectivity index (χ4n) is 4.52. The van der Waals surface area contributed by atoms with Crippen LogP contribution >= 0.6 is 23.2 Å². The van der Waals surface area contributed by atoms with Crippen LogP contribution in [-0.2, 0) is 12.8 Å². The third-order valence-electron chi connectivity index (χ3n) is 6.33. The first-order valence-corrected chi connectivity index (χ1v) is 11.3. The molecule has 0 saturated carbocycles. The normalized spacial score (nSPS) is 20.3. The van der Waals surface area contributed by atoms with E-state index >= 15 is 0 Å². The van der Waals surface area contributed by atoms with Gasteiger partial charge >= 0.3 is 0 Å². The van der Waals surface area contributed by atoms with Crippen LogP contribution in [0.15, 0.2) is 53.7 Å². The van der Waals surface area contributed by atoms with Gasteiger partial charge in [-0.2, -0.15) is 0 Å². The van der Waals surface area contributed by atoms with Crippen LogP contribution in [0.4, 0.5) is 4.39 Å². The number of hydrogen-bond acceptors (Lipinski definition) is 2. The third-order valence-corrected chi connectivity index (χ3v) is 6.88. The summed E-state index contributed by atoms with van der Waals surface area (Å²) in [6.45, 7) is 6.11. The van der Waals surface area contributed by atoms with Crippen LogP contribution in [0, 0.1) is 5.82 Å². The molecule has 4 rings (SSSR count). The lowest BCUT2D eigenvalue weighted by atomic mass is 9.86. The van der Waals surface area contributed by atoms with Gasteiger partial charge in [-0.1, -0.05) is 40.9 Å². The minimum atomic E-state index is -0.323. The van der Waals surface area contributed by atoms with E-state index < -0.39 is 0 Å². The van der Waals surface area contributed by atoms with E-state index in [1.165, 1.54) is 41.0 Å². The Kier molecular flexibility index (Phi) is 6.52. The van der Waals surface area contributed by atoms with Crippen LogP contribution < -0.4 is 5.32 Å². The predicted molar refractivity (Wildman–Crippen MR) is 124 cm³/mol. The minimum absolute atomic E-state index is 0.323. The number of fused-ring (bicyclic) bond motifs is 1. The maximum Gasteiger partial charge on any atom is 0.124 e. The first-order valence-electron chi connectivity index (χ1n) is 10.5. The molecule has 0 spiro atoms. The van der Waals surface area contributed by atoms with Crippen LogP contribution in [0.3, 0.4) is 0 Å². The first-order chi connectivity index (χ1) is 14.4. The van der Waals surface area contributed by atoms with Gasteiger partial charge in [0, 0.05) is 41.1 Å². The van der Waals surface area contributed by atoms with E-state index in [0.29, 0.717) is 11.1 Å². The van der Waals surface area contributed by atoms with Crippen molar-refractivity contribution in [1.29, 1.82) is 0 Å². The second kappa shape index (κ2) is 9.13. The molecule has 1 N–H and O–H groups in total. The summed E-state index contributed by atoms with van der Waals surface area (Å²) in [4.78, 5) is 2.58. The zero-order valence-electron chi connectivity index (χ0n) is 17.4. The Morgan fingerprint density at radius 2 is 1.97 bits per heavy atom. The van der Waals surface area contributed by atoms with Gasteiger partial charge in [0.1, 0.15) is 5.82 Å². The smallest absolute Gasteiger partial charge is 0.124 e. The zero-order chi connectivity index (χ0) is 21.3. The molecular formula is C25H27Cl2FN2. The fourth-order valence-corrected chi connectivity index (χ4v) is 4.98. The fraction of sp³-hybridized carbons (Fsp3) is 0.360. The van der Waals surface area contributed by atoms with Crippen LogP contribution in [0.1, 0.15) is 43.4 Å². The number of benzene rings is 2. The number of hydrogen-bond donors (Lipinski definition) is 1. The van der Waals surface area contributed by atoms with Crippen molar-refractivity contribution >= 4 is 28.9 Å². The van der Waals surface area contributed by atoms with Crippen molar-refractivity contribution in [2.24, 2.45) is 0 Å². The molecule has 1 atom stereocenters. The number of nitrogens with zero attached hydrogens (tertiary/aromatic N) is 1. The van der Waals surface area contributed by atoms with Gasteiger partial charge in [-0.25, -0.2) is 4.39 Å². The van der Waals surface area contributed by atoms with Crippen LogP contribution in [0.2, 0.25) is 10.0 Å². The summed E-state index contributed by atoms with van der Waals surface area (Å²) in [7, 11) is 0. The minimum Gasteiger partial charge on any atom is -0.358 e. The van der Waals surface area contributed by atoms with E-state index in [0.717, 1.165) is 48.6 Å². The second-order valence-corrected chi connectivity index (χ2v) is 9.08. The van der Waals surface area contributed by atoms with Gasteiger partial charge in [-0.15, -0.1) is 0 Å². The average molecular weight is 445 g/mol. The molecule has 2 aliphatic rings. The Morgan fingerprint density at radius 1 is 1.13 bits per heavy atom. The molecule has 1 aliphatic carbocycles. The van der Waals surface area contributed by atoms with Gasteiger partial charge in [0.2, 0.25) is 0 Å². The molecular weight excluding hydrogens is 418 g/mol. The SMILES string of the molecule is C/C=C(\NC1=C(C)CCN(C2CCc3ccc(Cl)cc3C2)C1)c1ccc(F)cc1Cl. The molecule has 0 radical (unpaired) electrons. The topological polar surface area (TPSA) is 15.3 Å². The van der Waals surface area contributed by atoms with Gasteiger partial charge in [-0.05, 0) is 81.0 Å². The molecule has 0 saturated heterocycles. The van der Waals surface area contributed by atoms with Crippen molar-refractivity contribution in [2.75, 3.05) is 13.1 Å². The van der Waals surface area contributed by atoms with Crippen LogP contribution in [0.25, 0.3) is 5.70 Å². The molecule has 30 heavy (non-hydrogen) atoms. The molecule has 0 bridgehead atoms. The van der Waals surface area contributed by atoms with Crippen molar-refractivity contribution in [1.82, 2.24) is 10.2 Å². The van der Waals surface area contributed by atoms with Gasteiger partial charge in [-0.3, -0.25) is 4.90 Å². The van der Waals surface area contributed by atoms with Crippen LogP contribution in [-0.4, -0.2) is 24.0 Å². The van der Waals surface area contributed by atoms with E-state index in [4.69, 9.17) is 23.2 Å². The summed E-state index contributed by atoms with van der Waals surface area (Å²) >= 11 is 12.5. The average Bonchev–Trinajstić information content (AvgIpc) is 2.73. The van der Waals surface area contributed by atoms with Gasteiger partial charge in [0.25, 0.3) is 0 Å². The standard InChI is InChI=1S/C25H27Cl2FN2/c1-3-24(22-9-7-20(28)14-23(22)27)29-25-15-30(11-10-16(25)2)21-8-5-17-4-6-19(26)12-18(17)13-21/h3-4,6-7,9,12,14,21,29H,5,8,10-11,13,15H2,1-2H3/b24-3-. The summed E-state index contributed by atoms with van der Waals surface area (Å²) in [5.74, 6) is -0.323. The molecule has 1 aliphatic heterocycles. The first kappa shape index (κ1) is 21.4. The van der Waals surface area contributed by atoms with Gasteiger partial charge in [0.15, 0.2) is 0 Å². The summed E-state index contributed by atoms with van der Waals surface area (Å²) < 4.78 is 13.5. The number of aryl methyl sites for hydroxylation is 1. The summed E-state index contributed by atoms with van der Waals surface area (Å²) in [6.07, 6.45) is 6.35. The van der Waals surface area contributed by atoms with Gasteiger partial charge < -0.3 is 5.32 Å². The maximum atomic E-state index is 13.5. The maximum absolute atomic E-state index is 13.5. The quantitative estimate of drug-likeness (QED) is 0.569. The van der Waals surface area contributed by atoms with E-state index in [2.05, 4.69) is 29.3 Å². The Morgan fingerprint density at radius 3 is 2.73 bits per heavy atom.